The van der Waals surface area contributed by atoms with Crippen molar-refractivity contribution in [3.8, 4) is 22.1 Å². The minimum atomic E-state index is 0.290. The molecule has 3 heterocycles. The summed E-state index contributed by atoms with van der Waals surface area (Å²) < 4.78 is 10.9. The van der Waals surface area contributed by atoms with Crippen LogP contribution in [0.4, 0.5) is 0 Å². The van der Waals surface area contributed by atoms with E-state index in [4.69, 9.17) is 37.7 Å². The number of fused-ring (bicyclic) bond motifs is 1. The summed E-state index contributed by atoms with van der Waals surface area (Å²) in [6.07, 6.45) is 0. The monoisotopic (exact) mass is 461 g/mol. The zero-order chi connectivity index (χ0) is 20.5. The number of hydrogen-bond acceptors (Lipinski definition) is 6. The summed E-state index contributed by atoms with van der Waals surface area (Å²) in [6, 6.07) is 11.7. The number of ether oxygens (including phenoxy) is 2. The molecule has 0 atom stereocenters. The van der Waals surface area contributed by atoms with Gasteiger partial charge in [0.1, 0.15) is 5.01 Å². The van der Waals surface area contributed by atoms with Gasteiger partial charge in [-0.3, -0.25) is 9.80 Å². The van der Waals surface area contributed by atoms with E-state index in [-0.39, 0.29) is 6.79 Å². The first-order valence-electron chi connectivity index (χ1n) is 9.87. The Labute approximate surface area is 189 Å². The number of thiazole rings is 1. The molecular formula is C22H21Cl2N3O2S. The molecule has 0 bridgehead atoms. The van der Waals surface area contributed by atoms with E-state index in [0.29, 0.717) is 5.02 Å². The largest absolute Gasteiger partial charge is 0.454 e. The minimum Gasteiger partial charge on any atom is -0.454 e. The van der Waals surface area contributed by atoms with E-state index in [1.807, 2.05) is 36.4 Å². The molecule has 2 aromatic carbocycles. The van der Waals surface area contributed by atoms with Gasteiger partial charge < -0.3 is 9.47 Å². The van der Waals surface area contributed by atoms with Gasteiger partial charge in [-0.05, 0) is 35.9 Å². The van der Waals surface area contributed by atoms with Gasteiger partial charge in [-0.1, -0.05) is 29.3 Å². The van der Waals surface area contributed by atoms with Crippen molar-refractivity contribution in [2.24, 2.45) is 0 Å². The van der Waals surface area contributed by atoms with Gasteiger partial charge in [0.2, 0.25) is 6.79 Å². The van der Waals surface area contributed by atoms with Gasteiger partial charge in [-0.25, -0.2) is 4.98 Å². The van der Waals surface area contributed by atoms with Crippen LogP contribution in [0.5, 0.6) is 11.5 Å². The molecule has 0 amide bonds. The molecule has 3 aromatic rings. The van der Waals surface area contributed by atoms with Gasteiger partial charge in [-0.2, -0.15) is 0 Å². The molecule has 8 heteroatoms. The Morgan fingerprint density at radius 1 is 0.900 bits per heavy atom. The van der Waals surface area contributed by atoms with Crippen molar-refractivity contribution in [1.82, 2.24) is 14.8 Å². The second-order valence-corrected chi connectivity index (χ2v) is 9.20. The fourth-order valence-electron chi connectivity index (χ4n) is 3.77. The van der Waals surface area contributed by atoms with E-state index >= 15 is 0 Å². The molecule has 5 rings (SSSR count). The molecule has 0 unspecified atom stereocenters. The Hall–Kier alpha value is -1.83. The van der Waals surface area contributed by atoms with Gasteiger partial charge in [0.25, 0.3) is 0 Å². The third kappa shape index (κ3) is 4.43. The van der Waals surface area contributed by atoms with Crippen LogP contribution in [-0.4, -0.2) is 47.8 Å². The quantitative estimate of drug-likeness (QED) is 0.524. The van der Waals surface area contributed by atoms with Crippen LogP contribution in [0.15, 0.2) is 41.8 Å². The summed E-state index contributed by atoms with van der Waals surface area (Å²) in [5.74, 6) is 1.59. The Morgan fingerprint density at radius 2 is 1.67 bits per heavy atom. The Morgan fingerprint density at radius 3 is 2.47 bits per heavy atom. The highest BCUT2D eigenvalue weighted by Crippen LogP contribution is 2.36. The first-order chi connectivity index (χ1) is 14.6. The summed E-state index contributed by atoms with van der Waals surface area (Å²) in [7, 11) is 0. The highest BCUT2D eigenvalue weighted by molar-refractivity contribution is 7.13. The molecule has 0 spiro atoms. The molecule has 30 heavy (non-hydrogen) atoms. The van der Waals surface area contributed by atoms with Gasteiger partial charge in [0.15, 0.2) is 11.5 Å². The second kappa shape index (κ2) is 8.73. The Kier molecular flexibility index (Phi) is 5.85. The lowest BCUT2D eigenvalue weighted by Gasteiger charge is -2.34. The van der Waals surface area contributed by atoms with E-state index in [2.05, 4.69) is 15.2 Å². The Bertz CT molecular complexity index is 1050. The lowest BCUT2D eigenvalue weighted by atomic mass is 10.2. The van der Waals surface area contributed by atoms with Crippen molar-refractivity contribution < 1.29 is 9.47 Å². The highest BCUT2D eigenvalue weighted by atomic mass is 35.5. The predicted octanol–water partition coefficient (Wildman–Crippen LogP) is 5.16. The molecular weight excluding hydrogens is 441 g/mol. The zero-order valence-corrected chi connectivity index (χ0v) is 18.6. The third-order valence-electron chi connectivity index (χ3n) is 5.43. The van der Waals surface area contributed by atoms with Crippen LogP contribution in [0.3, 0.4) is 0 Å². The predicted molar refractivity (Wildman–Crippen MR) is 121 cm³/mol. The minimum absolute atomic E-state index is 0.290. The topological polar surface area (TPSA) is 37.8 Å². The molecule has 5 nitrogen and oxygen atoms in total. The van der Waals surface area contributed by atoms with Gasteiger partial charge in [-0.15, -0.1) is 11.3 Å². The van der Waals surface area contributed by atoms with E-state index in [1.54, 1.807) is 11.3 Å². The summed E-state index contributed by atoms with van der Waals surface area (Å²) in [5, 5.41) is 4.58. The van der Waals surface area contributed by atoms with Crippen molar-refractivity contribution in [3.05, 3.63) is 63.1 Å². The van der Waals surface area contributed by atoms with Crippen LogP contribution < -0.4 is 9.47 Å². The molecule has 2 aliphatic rings. The van der Waals surface area contributed by atoms with Crippen LogP contribution in [-0.2, 0) is 13.1 Å². The summed E-state index contributed by atoms with van der Waals surface area (Å²) in [4.78, 5) is 9.74. The van der Waals surface area contributed by atoms with Gasteiger partial charge in [0.05, 0.1) is 5.69 Å². The van der Waals surface area contributed by atoms with Crippen LogP contribution >= 0.6 is 34.5 Å². The van der Waals surface area contributed by atoms with Crippen molar-refractivity contribution in [1.29, 1.82) is 0 Å². The lowest BCUT2D eigenvalue weighted by Crippen LogP contribution is -2.45. The number of benzene rings is 2. The first-order valence-corrected chi connectivity index (χ1v) is 11.5. The molecule has 1 saturated heterocycles. The fraction of sp³-hybridized carbons (Fsp3) is 0.318. The highest BCUT2D eigenvalue weighted by Gasteiger charge is 2.20. The zero-order valence-electron chi connectivity index (χ0n) is 16.3. The maximum absolute atomic E-state index is 6.33. The molecule has 2 aliphatic heterocycles. The van der Waals surface area contributed by atoms with Crippen molar-refractivity contribution >= 4 is 34.5 Å². The van der Waals surface area contributed by atoms with E-state index in [0.717, 1.165) is 77.6 Å². The molecule has 1 aromatic heterocycles. The normalized spacial score (nSPS) is 16.9. The van der Waals surface area contributed by atoms with Crippen LogP contribution in [0.1, 0.15) is 11.3 Å². The fourth-order valence-corrected chi connectivity index (χ4v) is 5.04. The van der Waals surface area contributed by atoms with E-state index in [9.17, 15) is 0 Å². The average molecular weight is 462 g/mol. The summed E-state index contributed by atoms with van der Waals surface area (Å²) >= 11 is 14.0. The van der Waals surface area contributed by atoms with Crippen molar-refractivity contribution in [2.45, 2.75) is 13.1 Å². The smallest absolute Gasteiger partial charge is 0.231 e. The van der Waals surface area contributed by atoms with E-state index < -0.39 is 0 Å². The number of rotatable bonds is 5. The molecule has 0 saturated carbocycles. The van der Waals surface area contributed by atoms with Crippen LogP contribution in [0, 0.1) is 0 Å². The number of halogens is 2. The number of aromatic nitrogens is 1. The standard InChI is InChI=1S/C22H21Cl2N3O2S/c23-17-3-1-16(19(24)10-17)11-26-5-7-27(8-6-26)12-18-13-30-22(25-18)15-2-4-20-21(9-15)29-14-28-20/h1-4,9-10,13H,5-8,11-12,14H2. The average Bonchev–Trinajstić information content (AvgIpc) is 3.40. The van der Waals surface area contributed by atoms with Crippen molar-refractivity contribution in [2.75, 3.05) is 33.0 Å². The molecule has 0 aliphatic carbocycles. The second-order valence-electron chi connectivity index (χ2n) is 7.50. The Balaban J connectivity index is 1.16. The maximum Gasteiger partial charge on any atom is 0.231 e. The van der Waals surface area contributed by atoms with Gasteiger partial charge in [0, 0.05) is 60.3 Å². The maximum atomic E-state index is 6.33. The lowest BCUT2D eigenvalue weighted by molar-refractivity contribution is 0.121. The van der Waals surface area contributed by atoms with Gasteiger partial charge >= 0.3 is 0 Å². The number of hydrogen-bond donors (Lipinski definition) is 0. The molecule has 0 radical (unpaired) electrons. The molecule has 156 valence electrons. The number of piperazine rings is 1. The van der Waals surface area contributed by atoms with E-state index in [1.165, 1.54) is 0 Å². The number of nitrogens with zero attached hydrogens (tertiary/aromatic N) is 3. The first kappa shape index (κ1) is 20.1. The molecule has 1 fully saturated rings. The SMILES string of the molecule is Clc1ccc(CN2CCN(Cc3csc(-c4ccc5c(c4)OCO5)n3)CC2)c(Cl)c1. The summed E-state index contributed by atoms with van der Waals surface area (Å²) in [6.45, 7) is 6.07. The molecule has 0 N–H and O–H groups in total. The van der Waals surface area contributed by atoms with Crippen LogP contribution in [0.2, 0.25) is 10.0 Å². The van der Waals surface area contributed by atoms with Crippen LogP contribution in [0.25, 0.3) is 10.6 Å². The third-order valence-corrected chi connectivity index (χ3v) is 6.96. The van der Waals surface area contributed by atoms with Crippen molar-refractivity contribution in [3.63, 3.8) is 0 Å². The summed E-state index contributed by atoms with van der Waals surface area (Å²) in [5.41, 5.74) is 3.31.